The highest BCUT2D eigenvalue weighted by Crippen LogP contribution is 2.23. The summed E-state index contributed by atoms with van der Waals surface area (Å²) >= 11 is 6.60. The summed E-state index contributed by atoms with van der Waals surface area (Å²) in [5.41, 5.74) is 0. The standard InChI is InChI=1S/C8H10Br2N2O2/c9-5-1-7(10)8(11-2-5)12-3-6(14)4-13/h1-2,6,13-14H,3-4H2,(H,11,12). The van der Waals surface area contributed by atoms with Crippen LogP contribution in [0.1, 0.15) is 0 Å². The molecule has 1 heterocycles. The van der Waals surface area contributed by atoms with E-state index in [1.165, 1.54) is 0 Å². The molecule has 0 fully saturated rings. The SMILES string of the molecule is OCC(O)CNc1ncc(Br)cc1Br. The van der Waals surface area contributed by atoms with Gasteiger partial charge in [0.25, 0.3) is 0 Å². The van der Waals surface area contributed by atoms with Gasteiger partial charge in [-0.05, 0) is 37.9 Å². The third kappa shape index (κ3) is 3.53. The molecule has 0 aromatic carbocycles. The van der Waals surface area contributed by atoms with Gasteiger partial charge in [-0.1, -0.05) is 0 Å². The van der Waals surface area contributed by atoms with Crippen LogP contribution in [0.2, 0.25) is 0 Å². The van der Waals surface area contributed by atoms with Crippen LogP contribution >= 0.6 is 31.9 Å². The first-order valence-corrected chi connectivity index (χ1v) is 5.56. The van der Waals surface area contributed by atoms with Gasteiger partial charge in [-0.15, -0.1) is 0 Å². The van der Waals surface area contributed by atoms with Gasteiger partial charge in [0.15, 0.2) is 0 Å². The molecule has 3 N–H and O–H groups in total. The molecule has 6 heteroatoms. The molecule has 1 aromatic heterocycles. The maximum Gasteiger partial charge on any atom is 0.140 e. The summed E-state index contributed by atoms with van der Waals surface area (Å²) in [4.78, 5) is 4.09. The third-order valence-electron chi connectivity index (χ3n) is 1.52. The molecule has 1 unspecified atom stereocenters. The van der Waals surface area contributed by atoms with E-state index >= 15 is 0 Å². The Kier molecular flexibility index (Phi) is 4.80. The summed E-state index contributed by atoms with van der Waals surface area (Å²) in [6, 6.07) is 1.85. The Bertz CT molecular complexity index is 309. The Morgan fingerprint density at radius 3 is 2.79 bits per heavy atom. The van der Waals surface area contributed by atoms with E-state index in [0.29, 0.717) is 5.82 Å². The van der Waals surface area contributed by atoms with Crippen molar-refractivity contribution in [1.29, 1.82) is 0 Å². The maximum atomic E-state index is 9.10. The van der Waals surface area contributed by atoms with Gasteiger partial charge in [0.2, 0.25) is 0 Å². The number of aliphatic hydroxyl groups is 2. The fraction of sp³-hybridized carbons (Fsp3) is 0.375. The number of rotatable bonds is 4. The van der Waals surface area contributed by atoms with Gasteiger partial charge in [0.05, 0.1) is 17.2 Å². The maximum absolute atomic E-state index is 9.10. The van der Waals surface area contributed by atoms with Crippen LogP contribution in [0, 0.1) is 0 Å². The molecule has 0 amide bonds. The lowest BCUT2D eigenvalue weighted by atomic mass is 10.3. The van der Waals surface area contributed by atoms with E-state index in [1.54, 1.807) is 6.20 Å². The predicted octanol–water partition coefficient (Wildman–Crippen LogP) is 1.37. The van der Waals surface area contributed by atoms with Crippen LogP contribution in [-0.2, 0) is 0 Å². The molecule has 0 saturated carbocycles. The lowest BCUT2D eigenvalue weighted by Gasteiger charge is -2.10. The number of hydrogen-bond acceptors (Lipinski definition) is 4. The van der Waals surface area contributed by atoms with Crippen LogP contribution in [0.4, 0.5) is 5.82 Å². The Balaban J connectivity index is 2.59. The first-order chi connectivity index (χ1) is 6.63. The topological polar surface area (TPSA) is 65.4 Å². The number of aliphatic hydroxyl groups excluding tert-OH is 2. The number of hydrogen-bond donors (Lipinski definition) is 3. The molecule has 0 aliphatic rings. The first-order valence-electron chi connectivity index (χ1n) is 3.97. The number of halogens is 2. The van der Waals surface area contributed by atoms with E-state index in [2.05, 4.69) is 42.2 Å². The summed E-state index contributed by atoms with van der Waals surface area (Å²) in [6.45, 7) is 0.00484. The average molecular weight is 326 g/mol. The molecule has 0 aliphatic heterocycles. The van der Waals surface area contributed by atoms with Crippen molar-refractivity contribution < 1.29 is 10.2 Å². The zero-order valence-electron chi connectivity index (χ0n) is 7.24. The number of nitrogens with one attached hydrogen (secondary N) is 1. The smallest absolute Gasteiger partial charge is 0.140 e. The van der Waals surface area contributed by atoms with Gasteiger partial charge < -0.3 is 15.5 Å². The minimum Gasteiger partial charge on any atom is -0.394 e. The van der Waals surface area contributed by atoms with Crippen molar-refractivity contribution in [1.82, 2.24) is 4.98 Å². The Labute approximate surface area is 98.6 Å². The number of nitrogens with zero attached hydrogens (tertiary/aromatic N) is 1. The first kappa shape index (κ1) is 11.9. The van der Waals surface area contributed by atoms with Crippen molar-refractivity contribution in [3.63, 3.8) is 0 Å². The fourth-order valence-electron chi connectivity index (χ4n) is 0.824. The third-order valence-corrected chi connectivity index (χ3v) is 2.56. The molecule has 0 aliphatic carbocycles. The molecule has 0 radical (unpaired) electrons. The second-order valence-corrected chi connectivity index (χ2v) is 4.47. The Hall–Kier alpha value is -0.170. The Morgan fingerprint density at radius 1 is 1.50 bits per heavy atom. The van der Waals surface area contributed by atoms with Gasteiger partial charge >= 0.3 is 0 Å². The summed E-state index contributed by atoms with van der Waals surface area (Å²) in [7, 11) is 0. The van der Waals surface area contributed by atoms with Crippen molar-refractivity contribution in [2.75, 3.05) is 18.5 Å². The van der Waals surface area contributed by atoms with Crippen LogP contribution in [0.25, 0.3) is 0 Å². The molecule has 4 nitrogen and oxygen atoms in total. The average Bonchev–Trinajstić information content (AvgIpc) is 2.16. The molecule has 1 aromatic rings. The van der Waals surface area contributed by atoms with Crippen molar-refractivity contribution in [2.24, 2.45) is 0 Å². The van der Waals surface area contributed by atoms with Gasteiger partial charge in [-0.3, -0.25) is 0 Å². The van der Waals surface area contributed by atoms with Crippen LogP contribution < -0.4 is 5.32 Å². The molecule has 0 bridgehead atoms. The normalized spacial score (nSPS) is 12.6. The summed E-state index contributed by atoms with van der Waals surface area (Å²) in [6.07, 6.45) is 0.880. The summed E-state index contributed by atoms with van der Waals surface area (Å²) < 4.78 is 1.68. The molecule has 0 saturated heterocycles. The largest absolute Gasteiger partial charge is 0.394 e. The lowest BCUT2D eigenvalue weighted by molar-refractivity contribution is 0.105. The fourth-order valence-corrected chi connectivity index (χ4v) is 1.95. The minimum atomic E-state index is -0.771. The van der Waals surface area contributed by atoms with Gasteiger partial charge in [0.1, 0.15) is 5.82 Å². The van der Waals surface area contributed by atoms with Gasteiger partial charge in [-0.25, -0.2) is 4.98 Å². The number of pyridine rings is 1. The van der Waals surface area contributed by atoms with Gasteiger partial charge in [0, 0.05) is 17.2 Å². The van der Waals surface area contributed by atoms with E-state index in [4.69, 9.17) is 10.2 Å². The van der Waals surface area contributed by atoms with E-state index in [1.807, 2.05) is 6.07 Å². The Morgan fingerprint density at radius 2 is 2.21 bits per heavy atom. The zero-order chi connectivity index (χ0) is 10.6. The van der Waals surface area contributed by atoms with E-state index < -0.39 is 6.10 Å². The van der Waals surface area contributed by atoms with E-state index in [-0.39, 0.29) is 13.2 Å². The van der Waals surface area contributed by atoms with Crippen LogP contribution in [0.15, 0.2) is 21.2 Å². The summed E-state index contributed by atoms with van der Waals surface area (Å²) in [5, 5.41) is 20.6. The number of anilines is 1. The van der Waals surface area contributed by atoms with Crippen molar-refractivity contribution in [2.45, 2.75) is 6.10 Å². The highest BCUT2D eigenvalue weighted by atomic mass is 79.9. The predicted molar refractivity (Wildman–Crippen MR) is 61.2 cm³/mol. The van der Waals surface area contributed by atoms with Crippen LogP contribution in [0.5, 0.6) is 0 Å². The van der Waals surface area contributed by atoms with Crippen molar-refractivity contribution in [3.05, 3.63) is 21.2 Å². The van der Waals surface area contributed by atoms with E-state index in [9.17, 15) is 0 Å². The molecule has 1 atom stereocenters. The highest BCUT2D eigenvalue weighted by Gasteiger charge is 2.05. The second kappa shape index (κ2) is 5.65. The second-order valence-electron chi connectivity index (χ2n) is 2.70. The van der Waals surface area contributed by atoms with Crippen molar-refractivity contribution in [3.8, 4) is 0 Å². The monoisotopic (exact) mass is 324 g/mol. The lowest BCUT2D eigenvalue weighted by Crippen LogP contribution is -2.23. The molecule has 78 valence electrons. The quantitative estimate of drug-likeness (QED) is 0.782. The summed E-state index contributed by atoms with van der Waals surface area (Å²) in [5.74, 6) is 0.640. The number of aromatic nitrogens is 1. The minimum absolute atomic E-state index is 0.263. The molecule has 14 heavy (non-hydrogen) atoms. The van der Waals surface area contributed by atoms with Gasteiger partial charge in [-0.2, -0.15) is 0 Å². The van der Waals surface area contributed by atoms with E-state index in [0.717, 1.165) is 8.95 Å². The highest BCUT2D eigenvalue weighted by molar-refractivity contribution is 9.11. The molecule has 1 rings (SSSR count). The molecular weight excluding hydrogens is 316 g/mol. The van der Waals surface area contributed by atoms with Crippen molar-refractivity contribution >= 4 is 37.7 Å². The molecular formula is C8H10Br2N2O2. The van der Waals surface area contributed by atoms with Crippen LogP contribution in [-0.4, -0.2) is 34.5 Å². The zero-order valence-corrected chi connectivity index (χ0v) is 10.4. The molecule has 0 spiro atoms. The van der Waals surface area contributed by atoms with Crippen LogP contribution in [0.3, 0.4) is 0 Å².